The van der Waals surface area contributed by atoms with E-state index in [1.165, 1.54) is 19.3 Å². The first-order valence-corrected chi connectivity index (χ1v) is 7.42. The molecule has 1 aliphatic rings. The number of anilines is 1. The molecule has 110 valence electrons. The number of piperidine rings is 1. The van der Waals surface area contributed by atoms with Crippen LogP contribution in [-0.4, -0.2) is 37.6 Å². The van der Waals surface area contributed by atoms with E-state index in [-0.39, 0.29) is 5.91 Å². The van der Waals surface area contributed by atoms with Crippen LogP contribution in [0.1, 0.15) is 25.7 Å². The highest BCUT2D eigenvalue weighted by Gasteiger charge is 2.13. The monoisotopic (exact) mass is 296 g/mol. The second-order valence-corrected chi connectivity index (χ2v) is 5.48. The van der Waals surface area contributed by atoms with Crippen LogP contribution in [0.3, 0.4) is 0 Å². The molecule has 0 saturated carbocycles. The molecule has 0 radical (unpaired) electrons. The minimum Gasteiger partial charge on any atom is -0.495 e. The molecule has 0 bridgehead atoms. The van der Waals surface area contributed by atoms with Crippen LogP contribution in [0, 0.1) is 0 Å². The summed E-state index contributed by atoms with van der Waals surface area (Å²) in [7, 11) is 1.58. The van der Waals surface area contributed by atoms with Crippen LogP contribution >= 0.6 is 11.6 Å². The van der Waals surface area contributed by atoms with E-state index in [1.54, 1.807) is 25.3 Å². The summed E-state index contributed by atoms with van der Waals surface area (Å²) in [6.45, 7) is 3.02. The minimum absolute atomic E-state index is 0.00357. The quantitative estimate of drug-likeness (QED) is 0.907. The van der Waals surface area contributed by atoms with Gasteiger partial charge >= 0.3 is 0 Å². The molecule has 2 rings (SSSR count). The van der Waals surface area contributed by atoms with Crippen LogP contribution in [0.5, 0.6) is 5.75 Å². The summed E-state index contributed by atoms with van der Waals surface area (Å²) < 4.78 is 5.21. The summed E-state index contributed by atoms with van der Waals surface area (Å²) in [6.07, 6.45) is 4.28. The summed E-state index contributed by atoms with van der Waals surface area (Å²) in [5.74, 6) is 0.622. The normalized spacial score (nSPS) is 15.9. The third kappa shape index (κ3) is 4.39. The van der Waals surface area contributed by atoms with Crippen molar-refractivity contribution in [1.82, 2.24) is 4.90 Å². The van der Waals surface area contributed by atoms with E-state index in [4.69, 9.17) is 16.3 Å². The summed E-state index contributed by atoms with van der Waals surface area (Å²) in [5.41, 5.74) is 0.628. The van der Waals surface area contributed by atoms with E-state index >= 15 is 0 Å². The fourth-order valence-electron chi connectivity index (χ4n) is 2.43. The molecule has 1 aromatic carbocycles. The Morgan fingerprint density at radius 1 is 1.35 bits per heavy atom. The van der Waals surface area contributed by atoms with Gasteiger partial charge in [-0.05, 0) is 44.1 Å². The number of nitrogens with one attached hydrogen (secondary N) is 1. The van der Waals surface area contributed by atoms with Crippen molar-refractivity contribution < 1.29 is 9.53 Å². The number of methoxy groups -OCH3 is 1. The molecule has 1 heterocycles. The Morgan fingerprint density at radius 3 is 2.80 bits per heavy atom. The number of hydrogen-bond acceptors (Lipinski definition) is 3. The van der Waals surface area contributed by atoms with Crippen molar-refractivity contribution in [2.45, 2.75) is 25.7 Å². The fourth-order valence-corrected chi connectivity index (χ4v) is 2.61. The number of carbonyl (C=O) groups is 1. The van der Waals surface area contributed by atoms with Crippen molar-refractivity contribution in [2.24, 2.45) is 0 Å². The molecule has 0 unspecified atom stereocenters. The number of nitrogens with zero attached hydrogens (tertiary/aromatic N) is 1. The van der Waals surface area contributed by atoms with E-state index in [1.807, 2.05) is 0 Å². The van der Waals surface area contributed by atoms with Crippen molar-refractivity contribution in [3.8, 4) is 5.75 Å². The maximum absolute atomic E-state index is 12.0. The lowest BCUT2D eigenvalue weighted by Crippen LogP contribution is -2.32. The Kier molecular flexibility index (Phi) is 5.68. The SMILES string of the molecule is COc1ccc(Cl)cc1NC(=O)CCN1CCCCC1. The second-order valence-electron chi connectivity index (χ2n) is 5.05. The average molecular weight is 297 g/mol. The lowest BCUT2D eigenvalue weighted by molar-refractivity contribution is -0.116. The van der Waals surface area contributed by atoms with Gasteiger partial charge in [0.1, 0.15) is 5.75 Å². The van der Waals surface area contributed by atoms with Crippen LogP contribution in [0.15, 0.2) is 18.2 Å². The van der Waals surface area contributed by atoms with E-state index < -0.39 is 0 Å². The maximum Gasteiger partial charge on any atom is 0.225 e. The molecule has 4 nitrogen and oxygen atoms in total. The lowest BCUT2D eigenvalue weighted by Gasteiger charge is -2.26. The van der Waals surface area contributed by atoms with E-state index in [0.717, 1.165) is 19.6 Å². The van der Waals surface area contributed by atoms with E-state index in [0.29, 0.717) is 22.9 Å². The molecule has 1 aromatic rings. The highest BCUT2D eigenvalue weighted by molar-refractivity contribution is 6.31. The van der Waals surface area contributed by atoms with Gasteiger partial charge in [0.05, 0.1) is 12.8 Å². The van der Waals surface area contributed by atoms with Gasteiger partial charge in [-0.15, -0.1) is 0 Å². The summed E-state index contributed by atoms with van der Waals surface area (Å²) >= 11 is 5.94. The molecule has 1 saturated heterocycles. The Labute approximate surface area is 125 Å². The van der Waals surface area contributed by atoms with Gasteiger partial charge in [0.15, 0.2) is 0 Å². The van der Waals surface area contributed by atoms with Gasteiger partial charge < -0.3 is 15.0 Å². The van der Waals surface area contributed by atoms with Gasteiger partial charge in [-0.25, -0.2) is 0 Å². The summed E-state index contributed by atoms with van der Waals surface area (Å²) in [4.78, 5) is 14.3. The van der Waals surface area contributed by atoms with Crippen molar-refractivity contribution in [1.29, 1.82) is 0 Å². The molecular weight excluding hydrogens is 276 g/mol. The zero-order valence-electron chi connectivity index (χ0n) is 11.8. The first kappa shape index (κ1) is 15.1. The van der Waals surface area contributed by atoms with Crippen molar-refractivity contribution in [3.63, 3.8) is 0 Å². The van der Waals surface area contributed by atoms with Crippen LogP contribution in [0.25, 0.3) is 0 Å². The topological polar surface area (TPSA) is 41.6 Å². The largest absolute Gasteiger partial charge is 0.495 e. The minimum atomic E-state index is -0.00357. The van der Waals surface area contributed by atoms with E-state index in [2.05, 4.69) is 10.2 Å². The van der Waals surface area contributed by atoms with Crippen molar-refractivity contribution in [2.75, 3.05) is 32.1 Å². The molecule has 1 fully saturated rings. The number of benzene rings is 1. The number of halogens is 1. The molecule has 0 aliphatic carbocycles. The van der Waals surface area contributed by atoms with Gasteiger partial charge in [-0.1, -0.05) is 18.0 Å². The van der Waals surface area contributed by atoms with Gasteiger partial charge in [0, 0.05) is 18.0 Å². The molecule has 0 spiro atoms. The van der Waals surface area contributed by atoms with Crippen molar-refractivity contribution in [3.05, 3.63) is 23.2 Å². The molecule has 1 aliphatic heterocycles. The van der Waals surface area contributed by atoms with E-state index in [9.17, 15) is 4.79 Å². The maximum atomic E-state index is 12.0. The van der Waals surface area contributed by atoms with Gasteiger partial charge in [0.25, 0.3) is 0 Å². The predicted molar refractivity (Wildman–Crippen MR) is 81.5 cm³/mol. The molecule has 0 aromatic heterocycles. The first-order valence-electron chi connectivity index (χ1n) is 7.05. The molecule has 1 amide bonds. The molecule has 1 N–H and O–H groups in total. The Morgan fingerprint density at radius 2 is 2.10 bits per heavy atom. The number of likely N-dealkylation sites (tertiary alicyclic amines) is 1. The number of amides is 1. The van der Waals surface area contributed by atoms with Crippen LogP contribution in [0.2, 0.25) is 5.02 Å². The van der Waals surface area contributed by atoms with Crippen LogP contribution < -0.4 is 10.1 Å². The van der Waals surface area contributed by atoms with Crippen molar-refractivity contribution >= 4 is 23.2 Å². The Bertz CT molecular complexity index is 459. The zero-order valence-corrected chi connectivity index (χ0v) is 12.6. The number of rotatable bonds is 5. The van der Waals surface area contributed by atoms with Gasteiger partial charge in [-0.3, -0.25) is 4.79 Å². The highest BCUT2D eigenvalue weighted by Crippen LogP contribution is 2.27. The number of hydrogen-bond donors (Lipinski definition) is 1. The Balaban J connectivity index is 1.86. The molecule has 20 heavy (non-hydrogen) atoms. The van der Waals surface area contributed by atoms with Gasteiger partial charge in [0.2, 0.25) is 5.91 Å². The average Bonchev–Trinajstić information content (AvgIpc) is 2.46. The fraction of sp³-hybridized carbons (Fsp3) is 0.533. The number of ether oxygens (including phenoxy) is 1. The summed E-state index contributed by atoms with van der Waals surface area (Å²) in [5, 5.41) is 3.45. The predicted octanol–water partition coefficient (Wildman–Crippen LogP) is 3.16. The van der Waals surface area contributed by atoms with Crippen LogP contribution in [0.4, 0.5) is 5.69 Å². The molecular formula is C15H21ClN2O2. The Hall–Kier alpha value is -1.26. The molecule has 0 atom stereocenters. The van der Waals surface area contributed by atoms with Crippen LogP contribution in [-0.2, 0) is 4.79 Å². The van der Waals surface area contributed by atoms with Gasteiger partial charge in [-0.2, -0.15) is 0 Å². The molecule has 5 heteroatoms. The lowest BCUT2D eigenvalue weighted by atomic mass is 10.1. The zero-order chi connectivity index (χ0) is 14.4. The standard InChI is InChI=1S/C15H21ClN2O2/c1-20-14-6-5-12(16)11-13(14)17-15(19)7-10-18-8-3-2-4-9-18/h5-6,11H,2-4,7-10H2,1H3,(H,17,19). The third-order valence-electron chi connectivity index (χ3n) is 3.54. The highest BCUT2D eigenvalue weighted by atomic mass is 35.5. The second kappa shape index (κ2) is 7.50. The third-order valence-corrected chi connectivity index (χ3v) is 3.77. The smallest absolute Gasteiger partial charge is 0.225 e. The summed E-state index contributed by atoms with van der Waals surface area (Å²) in [6, 6.07) is 5.20. The number of carbonyl (C=O) groups excluding carboxylic acids is 1. The first-order chi connectivity index (χ1) is 9.69.